The van der Waals surface area contributed by atoms with Crippen LogP contribution in [0.4, 0.5) is 0 Å². The Hall–Kier alpha value is -0.560. The van der Waals surface area contributed by atoms with E-state index < -0.39 is 5.60 Å². The number of allylic oxidation sites excluding steroid dienone is 4. The SMILES string of the molecule is CCC(O)(CCC=C(C)C)C1CC=C(C)CC1. The highest BCUT2D eigenvalue weighted by Crippen LogP contribution is 2.37. The molecule has 1 N–H and O–H groups in total. The summed E-state index contributed by atoms with van der Waals surface area (Å²) in [5, 5.41) is 10.8. The molecule has 0 amide bonds. The largest absolute Gasteiger partial charge is 0.390 e. The molecule has 1 aliphatic carbocycles. The molecule has 0 spiro atoms. The van der Waals surface area contributed by atoms with Gasteiger partial charge in [-0.15, -0.1) is 0 Å². The molecule has 0 fully saturated rings. The lowest BCUT2D eigenvalue weighted by molar-refractivity contribution is -0.0329. The molecule has 2 unspecified atom stereocenters. The zero-order chi connectivity index (χ0) is 12.9. The first-order valence-corrected chi connectivity index (χ1v) is 6.99. The van der Waals surface area contributed by atoms with Crippen molar-refractivity contribution in [3.63, 3.8) is 0 Å². The van der Waals surface area contributed by atoms with Gasteiger partial charge >= 0.3 is 0 Å². The van der Waals surface area contributed by atoms with E-state index in [0.717, 1.165) is 38.5 Å². The minimum absolute atomic E-state index is 0.455. The maximum atomic E-state index is 10.8. The van der Waals surface area contributed by atoms with E-state index in [1.807, 2.05) is 0 Å². The van der Waals surface area contributed by atoms with Gasteiger partial charge < -0.3 is 5.11 Å². The van der Waals surface area contributed by atoms with Crippen LogP contribution < -0.4 is 0 Å². The fraction of sp³-hybridized carbons (Fsp3) is 0.750. The first-order chi connectivity index (χ1) is 7.98. The first kappa shape index (κ1) is 14.5. The molecule has 0 radical (unpaired) electrons. The van der Waals surface area contributed by atoms with E-state index in [2.05, 4.69) is 39.8 Å². The topological polar surface area (TPSA) is 20.2 Å². The Kier molecular flexibility index (Phi) is 5.45. The highest BCUT2D eigenvalue weighted by molar-refractivity contribution is 5.06. The molecule has 1 rings (SSSR count). The molecule has 0 aromatic rings. The maximum absolute atomic E-state index is 10.8. The van der Waals surface area contributed by atoms with E-state index in [1.165, 1.54) is 11.1 Å². The molecule has 1 heteroatoms. The molecule has 0 heterocycles. The third-order valence-corrected chi connectivity index (χ3v) is 4.14. The van der Waals surface area contributed by atoms with Gasteiger partial charge in [-0.3, -0.25) is 0 Å². The van der Waals surface area contributed by atoms with Gasteiger partial charge in [-0.25, -0.2) is 0 Å². The molecule has 0 bridgehead atoms. The molecule has 0 saturated carbocycles. The van der Waals surface area contributed by atoms with Crippen molar-refractivity contribution >= 4 is 0 Å². The van der Waals surface area contributed by atoms with Crippen molar-refractivity contribution in [2.45, 2.75) is 71.8 Å². The molecule has 0 aromatic heterocycles. The quantitative estimate of drug-likeness (QED) is 0.691. The Morgan fingerprint density at radius 1 is 1.53 bits per heavy atom. The second kappa shape index (κ2) is 6.39. The van der Waals surface area contributed by atoms with Crippen LogP contribution in [-0.4, -0.2) is 10.7 Å². The van der Waals surface area contributed by atoms with E-state index in [9.17, 15) is 5.11 Å². The van der Waals surface area contributed by atoms with Crippen LogP contribution in [0.2, 0.25) is 0 Å². The van der Waals surface area contributed by atoms with Gasteiger partial charge in [0.1, 0.15) is 0 Å². The summed E-state index contributed by atoms with van der Waals surface area (Å²) < 4.78 is 0. The van der Waals surface area contributed by atoms with E-state index in [0.29, 0.717) is 5.92 Å². The summed E-state index contributed by atoms with van der Waals surface area (Å²) in [5.41, 5.74) is 2.38. The van der Waals surface area contributed by atoms with Gasteiger partial charge in [0.2, 0.25) is 0 Å². The average Bonchev–Trinajstić information content (AvgIpc) is 2.29. The van der Waals surface area contributed by atoms with Gasteiger partial charge in [0.15, 0.2) is 0 Å². The summed E-state index contributed by atoms with van der Waals surface area (Å²) in [4.78, 5) is 0. The van der Waals surface area contributed by atoms with Crippen LogP contribution in [-0.2, 0) is 0 Å². The zero-order valence-electron chi connectivity index (χ0n) is 11.9. The van der Waals surface area contributed by atoms with Crippen LogP contribution in [0.5, 0.6) is 0 Å². The Morgan fingerprint density at radius 3 is 2.71 bits per heavy atom. The van der Waals surface area contributed by atoms with Crippen molar-refractivity contribution in [1.29, 1.82) is 0 Å². The van der Waals surface area contributed by atoms with Gasteiger partial charge in [0.25, 0.3) is 0 Å². The highest BCUT2D eigenvalue weighted by atomic mass is 16.3. The van der Waals surface area contributed by atoms with Crippen LogP contribution in [0.3, 0.4) is 0 Å². The fourth-order valence-electron chi connectivity index (χ4n) is 2.73. The van der Waals surface area contributed by atoms with E-state index in [4.69, 9.17) is 0 Å². The molecule has 98 valence electrons. The summed E-state index contributed by atoms with van der Waals surface area (Å²) in [6.45, 7) is 8.56. The molecule has 1 nitrogen and oxygen atoms in total. The van der Waals surface area contributed by atoms with E-state index >= 15 is 0 Å². The number of hydrogen-bond donors (Lipinski definition) is 1. The minimum Gasteiger partial charge on any atom is -0.390 e. The van der Waals surface area contributed by atoms with Crippen LogP contribution in [0.1, 0.15) is 66.2 Å². The Balaban J connectivity index is 2.58. The van der Waals surface area contributed by atoms with Crippen molar-refractivity contribution in [3.05, 3.63) is 23.3 Å². The first-order valence-electron chi connectivity index (χ1n) is 6.99. The molecule has 0 aliphatic heterocycles. The standard InChI is InChI=1S/C16H28O/c1-5-16(17,12-6-7-13(2)3)15-10-8-14(4)9-11-15/h7-8,15,17H,5-6,9-12H2,1-4H3. The fourth-order valence-corrected chi connectivity index (χ4v) is 2.73. The predicted molar refractivity (Wildman–Crippen MR) is 75.0 cm³/mol. The number of rotatable bonds is 5. The molecular formula is C16H28O. The van der Waals surface area contributed by atoms with Gasteiger partial charge in [0.05, 0.1) is 5.60 Å². The third kappa shape index (κ3) is 4.31. The van der Waals surface area contributed by atoms with Crippen LogP contribution in [0.25, 0.3) is 0 Å². The van der Waals surface area contributed by atoms with E-state index in [1.54, 1.807) is 0 Å². The lowest BCUT2D eigenvalue weighted by Crippen LogP contribution is -2.38. The van der Waals surface area contributed by atoms with Crippen molar-refractivity contribution in [2.75, 3.05) is 0 Å². The van der Waals surface area contributed by atoms with Crippen molar-refractivity contribution in [2.24, 2.45) is 5.92 Å². The van der Waals surface area contributed by atoms with Crippen molar-refractivity contribution in [3.8, 4) is 0 Å². The molecule has 0 saturated heterocycles. The smallest absolute Gasteiger partial charge is 0.0679 e. The lowest BCUT2D eigenvalue weighted by Gasteiger charge is -2.37. The number of hydrogen-bond acceptors (Lipinski definition) is 1. The molecule has 2 atom stereocenters. The second-order valence-electron chi connectivity index (χ2n) is 5.80. The third-order valence-electron chi connectivity index (χ3n) is 4.14. The van der Waals surface area contributed by atoms with Crippen molar-refractivity contribution in [1.82, 2.24) is 0 Å². The average molecular weight is 236 g/mol. The summed E-state index contributed by atoms with van der Waals surface area (Å²) in [6.07, 6.45) is 10.7. The Morgan fingerprint density at radius 2 is 2.24 bits per heavy atom. The summed E-state index contributed by atoms with van der Waals surface area (Å²) in [6, 6.07) is 0. The van der Waals surface area contributed by atoms with Crippen LogP contribution in [0, 0.1) is 5.92 Å². The van der Waals surface area contributed by atoms with Gasteiger partial charge in [-0.2, -0.15) is 0 Å². The Labute approximate surface area is 107 Å². The van der Waals surface area contributed by atoms with Gasteiger partial charge in [-0.1, -0.05) is 30.2 Å². The predicted octanol–water partition coefficient (Wildman–Crippen LogP) is 4.62. The molecule has 17 heavy (non-hydrogen) atoms. The normalized spacial score (nSPS) is 23.8. The second-order valence-corrected chi connectivity index (χ2v) is 5.80. The highest BCUT2D eigenvalue weighted by Gasteiger charge is 2.34. The van der Waals surface area contributed by atoms with Crippen LogP contribution >= 0.6 is 0 Å². The monoisotopic (exact) mass is 236 g/mol. The summed E-state index contributed by atoms with van der Waals surface area (Å²) in [5.74, 6) is 0.460. The zero-order valence-corrected chi connectivity index (χ0v) is 11.9. The molecule has 1 aliphatic rings. The molecule has 0 aromatic carbocycles. The summed E-state index contributed by atoms with van der Waals surface area (Å²) in [7, 11) is 0. The van der Waals surface area contributed by atoms with Crippen LogP contribution in [0.15, 0.2) is 23.3 Å². The summed E-state index contributed by atoms with van der Waals surface area (Å²) >= 11 is 0. The van der Waals surface area contributed by atoms with E-state index in [-0.39, 0.29) is 0 Å². The van der Waals surface area contributed by atoms with Gasteiger partial charge in [-0.05, 0) is 65.2 Å². The van der Waals surface area contributed by atoms with Gasteiger partial charge in [0, 0.05) is 0 Å². The minimum atomic E-state index is -0.455. The maximum Gasteiger partial charge on any atom is 0.0679 e. The van der Waals surface area contributed by atoms with Crippen molar-refractivity contribution < 1.29 is 5.11 Å². The Bertz CT molecular complexity index is 297. The lowest BCUT2D eigenvalue weighted by atomic mass is 9.74. The number of aliphatic hydroxyl groups is 1. The molecular weight excluding hydrogens is 208 g/mol.